The Labute approximate surface area is 163 Å². The zero-order valence-electron chi connectivity index (χ0n) is 15.8. The van der Waals surface area contributed by atoms with Crippen LogP contribution in [0.3, 0.4) is 0 Å². The minimum absolute atomic E-state index is 0.216. The van der Waals surface area contributed by atoms with Gasteiger partial charge in [-0.25, -0.2) is 4.79 Å². The average Bonchev–Trinajstić information content (AvgIpc) is 2.68. The summed E-state index contributed by atoms with van der Waals surface area (Å²) in [6.07, 6.45) is 0. The number of ether oxygens (including phenoxy) is 3. The number of rotatable bonds is 8. The summed E-state index contributed by atoms with van der Waals surface area (Å²) in [5.41, 5.74) is 0.761. The van der Waals surface area contributed by atoms with Crippen LogP contribution in [0.1, 0.15) is 24.2 Å². The standard InChI is InChI=1S/C20H23NO5S/c1-5-26-20(23)15-8-6-7-9-16(15)21-19(22)13(2)27-14-10-11-17(24-3)18(12-14)25-4/h6-13H,5H2,1-4H3,(H,21,22)/t13-/m0/s1. The lowest BCUT2D eigenvalue weighted by atomic mass is 10.1. The van der Waals surface area contributed by atoms with Gasteiger partial charge in [-0.1, -0.05) is 12.1 Å². The van der Waals surface area contributed by atoms with Gasteiger partial charge in [0.15, 0.2) is 11.5 Å². The fraction of sp³-hybridized carbons (Fsp3) is 0.300. The minimum atomic E-state index is -0.464. The number of esters is 1. The van der Waals surface area contributed by atoms with Crippen molar-refractivity contribution in [3.8, 4) is 11.5 Å². The van der Waals surface area contributed by atoms with E-state index in [2.05, 4.69) is 5.32 Å². The lowest BCUT2D eigenvalue weighted by molar-refractivity contribution is -0.115. The van der Waals surface area contributed by atoms with E-state index in [1.807, 2.05) is 12.1 Å². The first kappa shape index (κ1) is 20.6. The highest BCUT2D eigenvalue weighted by molar-refractivity contribution is 8.00. The second kappa shape index (κ2) is 9.87. The van der Waals surface area contributed by atoms with E-state index in [0.717, 1.165) is 4.90 Å². The molecule has 2 rings (SSSR count). The summed E-state index contributed by atoms with van der Waals surface area (Å²) in [4.78, 5) is 25.5. The summed E-state index contributed by atoms with van der Waals surface area (Å²) in [5.74, 6) is 0.546. The summed E-state index contributed by atoms with van der Waals surface area (Å²) in [6.45, 7) is 3.80. The first-order chi connectivity index (χ1) is 13.0. The molecule has 2 aromatic rings. The molecule has 0 spiro atoms. The Balaban J connectivity index is 2.10. The first-order valence-electron chi connectivity index (χ1n) is 8.45. The van der Waals surface area contributed by atoms with E-state index in [0.29, 0.717) is 22.7 Å². The van der Waals surface area contributed by atoms with Crippen molar-refractivity contribution in [3.05, 3.63) is 48.0 Å². The Bertz CT molecular complexity index is 809. The van der Waals surface area contributed by atoms with Gasteiger partial charge in [0.2, 0.25) is 5.91 Å². The normalized spacial score (nSPS) is 11.4. The number of anilines is 1. The molecule has 0 bridgehead atoms. The number of thioether (sulfide) groups is 1. The molecule has 1 N–H and O–H groups in total. The van der Waals surface area contributed by atoms with Crippen molar-refractivity contribution in [1.29, 1.82) is 0 Å². The van der Waals surface area contributed by atoms with E-state index in [1.54, 1.807) is 58.4 Å². The maximum Gasteiger partial charge on any atom is 0.340 e. The quantitative estimate of drug-likeness (QED) is 0.543. The molecule has 0 aromatic heterocycles. The van der Waals surface area contributed by atoms with Crippen LogP contribution in [0.5, 0.6) is 11.5 Å². The lowest BCUT2D eigenvalue weighted by Crippen LogP contribution is -2.23. The van der Waals surface area contributed by atoms with Gasteiger partial charge >= 0.3 is 5.97 Å². The molecule has 7 heteroatoms. The second-order valence-corrected chi connectivity index (χ2v) is 6.95. The number of nitrogens with one attached hydrogen (secondary N) is 1. The SMILES string of the molecule is CCOC(=O)c1ccccc1NC(=O)[C@H](C)Sc1ccc(OC)c(OC)c1. The Kier molecular flexibility index (Phi) is 7.55. The fourth-order valence-corrected chi connectivity index (χ4v) is 3.26. The molecule has 6 nitrogen and oxygen atoms in total. The number of para-hydroxylation sites is 1. The van der Waals surface area contributed by atoms with Gasteiger partial charge in [-0.2, -0.15) is 0 Å². The topological polar surface area (TPSA) is 73.9 Å². The van der Waals surface area contributed by atoms with Crippen LogP contribution in [0.4, 0.5) is 5.69 Å². The summed E-state index contributed by atoms with van der Waals surface area (Å²) in [5, 5.41) is 2.41. The maximum absolute atomic E-state index is 12.6. The Morgan fingerprint density at radius 2 is 1.78 bits per heavy atom. The largest absolute Gasteiger partial charge is 0.493 e. The second-order valence-electron chi connectivity index (χ2n) is 5.53. The number of carbonyl (C=O) groups is 2. The minimum Gasteiger partial charge on any atom is -0.493 e. The number of benzene rings is 2. The van der Waals surface area contributed by atoms with Crippen molar-refractivity contribution in [1.82, 2.24) is 0 Å². The molecule has 2 aromatic carbocycles. The molecule has 1 atom stereocenters. The van der Waals surface area contributed by atoms with E-state index < -0.39 is 11.2 Å². The first-order valence-corrected chi connectivity index (χ1v) is 9.33. The molecule has 27 heavy (non-hydrogen) atoms. The Hall–Kier alpha value is -2.67. The molecule has 144 valence electrons. The maximum atomic E-state index is 12.6. The molecule has 0 saturated heterocycles. The average molecular weight is 389 g/mol. The number of hydrogen-bond donors (Lipinski definition) is 1. The van der Waals surface area contributed by atoms with Crippen LogP contribution < -0.4 is 14.8 Å². The van der Waals surface area contributed by atoms with Gasteiger partial charge < -0.3 is 19.5 Å². The van der Waals surface area contributed by atoms with Crippen LogP contribution in [0.15, 0.2) is 47.4 Å². The molecular weight excluding hydrogens is 366 g/mol. The number of hydrogen-bond acceptors (Lipinski definition) is 6. The van der Waals surface area contributed by atoms with E-state index in [9.17, 15) is 9.59 Å². The summed E-state index contributed by atoms with van der Waals surface area (Å²) in [6, 6.07) is 12.3. The highest BCUT2D eigenvalue weighted by Gasteiger charge is 2.19. The zero-order chi connectivity index (χ0) is 19.8. The molecule has 0 aliphatic rings. The predicted octanol–water partition coefficient (Wildman–Crippen LogP) is 4.00. The third kappa shape index (κ3) is 5.40. The molecule has 0 heterocycles. The highest BCUT2D eigenvalue weighted by atomic mass is 32.2. The van der Waals surface area contributed by atoms with E-state index >= 15 is 0 Å². The van der Waals surface area contributed by atoms with Gasteiger partial charge in [-0.05, 0) is 44.2 Å². The monoisotopic (exact) mass is 389 g/mol. The van der Waals surface area contributed by atoms with Crippen LogP contribution in [0.2, 0.25) is 0 Å². The molecule has 0 aliphatic carbocycles. The molecule has 0 saturated carbocycles. The zero-order valence-corrected chi connectivity index (χ0v) is 16.6. The van der Waals surface area contributed by atoms with Gasteiger partial charge in [-0.3, -0.25) is 4.79 Å². The van der Waals surface area contributed by atoms with Crippen molar-refractivity contribution in [2.75, 3.05) is 26.1 Å². The van der Waals surface area contributed by atoms with Crippen molar-refractivity contribution in [3.63, 3.8) is 0 Å². The third-order valence-corrected chi connectivity index (χ3v) is 4.81. The Morgan fingerprint density at radius 3 is 2.44 bits per heavy atom. The van der Waals surface area contributed by atoms with Crippen LogP contribution in [0.25, 0.3) is 0 Å². The van der Waals surface area contributed by atoms with Crippen LogP contribution in [-0.4, -0.2) is 38.0 Å². The van der Waals surface area contributed by atoms with Crippen molar-refractivity contribution < 1.29 is 23.8 Å². The van der Waals surface area contributed by atoms with Gasteiger partial charge in [0.05, 0.1) is 37.3 Å². The molecular formula is C20H23NO5S. The fourth-order valence-electron chi connectivity index (χ4n) is 2.36. The van der Waals surface area contributed by atoms with Gasteiger partial charge in [0.25, 0.3) is 0 Å². The summed E-state index contributed by atoms with van der Waals surface area (Å²) < 4.78 is 15.5. The third-order valence-electron chi connectivity index (χ3n) is 3.72. The molecule has 0 aliphatic heterocycles. The van der Waals surface area contributed by atoms with Crippen LogP contribution >= 0.6 is 11.8 Å². The Morgan fingerprint density at radius 1 is 1.07 bits per heavy atom. The van der Waals surface area contributed by atoms with Crippen molar-refractivity contribution in [2.45, 2.75) is 24.0 Å². The smallest absolute Gasteiger partial charge is 0.340 e. The van der Waals surface area contributed by atoms with E-state index in [4.69, 9.17) is 14.2 Å². The van der Waals surface area contributed by atoms with Crippen LogP contribution in [-0.2, 0) is 9.53 Å². The van der Waals surface area contributed by atoms with E-state index in [-0.39, 0.29) is 12.5 Å². The van der Waals surface area contributed by atoms with Gasteiger partial charge in [0.1, 0.15) is 0 Å². The van der Waals surface area contributed by atoms with Gasteiger partial charge in [0, 0.05) is 4.90 Å². The molecule has 0 radical (unpaired) electrons. The van der Waals surface area contributed by atoms with Crippen LogP contribution in [0, 0.1) is 0 Å². The van der Waals surface area contributed by atoms with Crippen molar-refractivity contribution in [2.24, 2.45) is 0 Å². The highest BCUT2D eigenvalue weighted by Crippen LogP contribution is 2.33. The summed E-state index contributed by atoms with van der Waals surface area (Å²) >= 11 is 1.38. The predicted molar refractivity (Wildman–Crippen MR) is 106 cm³/mol. The van der Waals surface area contributed by atoms with Gasteiger partial charge in [-0.15, -0.1) is 11.8 Å². The van der Waals surface area contributed by atoms with Crippen molar-refractivity contribution >= 4 is 29.3 Å². The summed E-state index contributed by atoms with van der Waals surface area (Å²) in [7, 11) is 3.14. The number of methoxy groups -OCH3 is 2. The van der Waals surface area contributed by atoms with E-state index in [1.165, 1.54) is 11.8 Å². The molecule has 0 unspecified atom stereocenters. The molecule has 0 fully saturated rings. The number of amides is 1. The molecule has 1 amide bonds. The number of carbonyl (C=O) groups excluding carboxylic acids is 2. The lowest BCUT2D eigenvalue weighted by Gasteiger charge is -2.15.